The highest BCUT2D eigenvalue weighted by Gasteiger charge is 2.19. The van der Waals surface area contributed by atoms with E-state index in [-0.39, 0.29) is 11.9 Å². The van der Waals surface area contributed by atoms with E-state index >= 15 is 0 Å². The molecule has 1 atom stereocenters. The third kappa shape index (κ3) is 4.76. The average molecular weight is 344 g/mol. The fourth-order valence-corrected chi connectivity index (χ4v) is 2.08. The van der Waals surface area contributed by atoms with Crippen LogP contribution in [-0.2, 0) is 4.74 Å². The number of anilines is 1. The number of amides is 1. The summed E-state index contributed by atoms with van der Waals surface area (Å²) in [6.45, 7) is 7.26. The van der Waals surface area contributed by atoms with Crippen molar-refractivity contribution < 1.29 is 9.53 Å². The van der Waals surface area contributed by atoms with Crippen molar-refractivity contribution in [2.24, 2.45) is 5.92 Å². The highest BCUT2D eigenvalue weighted by atomic mass is 79.9. The Labute approximate surface area is 128 Å². The maximum atomic E-state index is 12.4. The van der Waals surface area contributed by atoms with Crippen LogP contribution >= 0.6 is 15.9 Å². The summed E-state index contributed by atoms with van der Waals surface area (Å²) in [5.74, 6) is 0.736. The molecule has 0 aliphatic carbocycles. The fraction of sp³-hybridized carbons (Fsp3) is 0.571. The van der Waals surface area contributed by atoms with E-state index in [1.807, 2.05) is 20.8 Å². The lowest BCUT2D eigenvalue weighted by molar-refractivity contribution is 0.0867. The second-order valence-corrected chi connectivity index (χ2v) is 5.78. The van der Waals surface area contributed by atoms with Gasteiger partial charge in [-0.05, 0) is 34.8 Å². The van der Waals surface area contributed by atoms with Crippen LogP contribution in [0.3, 0.4) is 0 Å². The summed E-state index contributed by atoms with van der Waals surface area (Å²) < 4.78 is 5.92. The van der Waals surface area contributed by atoms with E-state index in [9.17, 15) is 4.79 Å². The summed E-state index contributed by atoms with van der Waals surface area (Å²) in [7, 11) is 1.63. The Hall–Kier alpha value is -1.14. The van der Waals surface area contributed by atoms with Gasteiger partial charge in [0.2, 0.25) is 0 Å². The summed E-state index contributed by atoms with van der Waals surface area (Å²) in [5, 5.41) is 6.09. The summed E-state index contributed by atoms with van der Waals surface area (Å²) in [4.78, 5) is 16.7. The van der Waals surface area contributed by atoms with E-state index in [4.69, 9.17) is 4.74 Å². The maximum absolute atomic E-state index is 12.4. The van der Waals surface area contributed by atoms with Crippen LogP contribution in [0.25, 0.3) is 0 Å². The second-order valence-electron chi connectivity index (χ2n) is 4.86. The first kappa shape index (κ1) is 16.9. The van der Waals surface area contributed by atoms with Crippen LogP contribution in [0.1, 0.15) is 31.1 Å². The van der Waals surface area contributed by atoms with E-state index in [0.717, 1.165) is 4.47 Å². The molecule has 1 heterocycles. The molecule has 5 nitrogen and oxygen atoms in total. The molecule has 0 aliphatic heterocycles. The van der Waals surface area contributed by atoms with Crippen molar-refractivity contribution in [2.75, 3.05) is 25.6 Å². The van der Waals surface area contributed by atoms with Gasteiger partial charge in [-0.2, -0.15) is 0 Å². The van der Waals surface area contributed by atoms with Crippen LogP contribution in [0.2, 0.25) is 0 Å². The SMILES string of the molecule is CCNc1ncc(Br)cc1C(=O)NC(COC)C(C)C. The fourth-order valence-electron chi connectivity index (χ4n) is 1.75. The van der Waals surface area contributed by atoms with Crippen molar-refractivity contribution in [3.8, 4) is 0 Å². The molecule has 0 spiro atoms. The van der Waals surface area contributed by atoms with Gasteiger partial charge in [-0.25, -0.2) is 4.98 Å². The van der Waals surface area contributed by atoms with Crippen LogP contribution in [-0.4, -0.2) is 37.2 Å². The molecule has 1 rings (SSSR count). The Kier molecular flexibility index (Phi) is 6.95. The molecule has 0 bridgehead atoms. The molecule has 0 saturated carbocycles. The summed E-state index contributed by atoms with van der Waals surface area (Å²) in [5.41, 5.74) is 0.531. The Morgan fingerprint density at radius 1 is 1.50 bits per heavy atom. The predicted molar refractivity (Wildman–Crippen MR) is 84.1 cm³/mol. The summed E-state index contributed by atoms with van der Waals surface area (Å²) in [6, 6.07) is 1.74. The highest BCUT2D eigenvalue weighted by molar-refractivity contribution is 9.10. The van der Waals surface area contributed by atoms with Gasteiger partial charge in [0.25, 0.3) is 5.91 Å². The van der Waals surface area contributed by atoms with Gasteiger partial charge < -0.3 is 15.4 Å². The van der Waals surface area contributed by atoms with Gasteiger partial charge in [-0.15, -0.1) is 0 Å². The molecule has 0 aromatic carbocycles. The minimum atomic E-state index is -0.148. The first-order chi connectivity index (χ1) is 9.49. The van der Waals surface area contributed by atoms with Crippen LogP contribution in [0.5, 0.6) is 0 Å². The molecule has 0 radical (unpaired) electrons. The zero-order valence-electron chi connectivity index (χ0n) is 12.4. The van der Waals surface area contributed by atoms with Crippen LogP contribution in [0.15, 0.2) is 16.7 Å². The molecule has 1 aromatic rings. The van der Waals surface area contributed by atoms with Gasteiger partial charge in [0.15, 0.2) is 0 Å². The molecule has 2 N–H and O–H groups in total. The monoisotopic (exact) mass is 343 g/mol. The second kappa shape index (κ2) is 8.21. The molecule has 1 aromatic heterocycles. The molecule has 0 saturated heterocycles. The quantitative estimate of drug-likeness (QED) is 0.798. The minimum Gasteiger partial charge on any atom is -0.383 e. The number of methoxy groups -OCH3 is 1. The third-order valence-corrected chi connectivity index (χ3v) is 3.34. The van der Waals surface area contributed by atoms with Gasteiger partial charge in [0.05, 0.1) is 18.2 Å². The van der Waals surface area contributed by atoms with E-state index in [1.54, 1.807) is 19.4 Å². The van der Waals surface area contributed by atoms with E-state index in [0.29, 0.717) is 30.5 Å². The molecule has 20 heavy (non-hydrogen) atoms. The predicted octanol–water partition coefficient (Wildman–Crippen LogP) is 2.68. The van der Waals surface area contributed by atoms with Crippen molar-refractivity contribution in [2.45, 2.75) is 26.8 Å². The molecular weight excluding hydrogens is 322 g/mol. The Morgan fingerprint density at radius 3 is 2.75 bits per heavy atom. The number of aromatic nitrogens is 1. The molecule has 1 amide bonds. The molecule has 1 unspecified atom stereocenters. The number of carbonyl (C=O) groups excluding carboxylic acids is 1. The van der Waals surface area contributed by atoms with Gasteiger partial charge in [-0.3, -0.25) is 4.79 Å². The molecule has 0 fully saturated rings. The molecule has 0 aliphatic rings. The number of hydrogen-bond donors (Lipinski definition) is 2. The lowest BCUT2D eigenvalue weighted by Gasteiger charge is -2.22. The highest BCUT2D eigenvalue weighted by Crippen LogP contribution is 2.18. The van der Waals surface area contributed by atoms with Crippen molar-refractivity contribution in [1.29, 1.82) is 0 Å². The van der Waals surface area contributed by atoms with Gasteiger partial charge in [0.1, 0.15) is 5.82 Å². The molecule has 112 valence electrons. The smallest absolute Gasteiger partial charge is 0.255 e. The lowest BCUT2D eigenvalue weighted by Crippen LogP contribution is -2.42. The van der Waals surface area contributed by atoms with Crippen LogP contribution in [0, 0.1) is 5.92 Å². The van der Waals surface area contributed by atoms with Crippen molar-refractivity contribution >= 4 is 27.7 Å². The van der Waals surface area contributed by atoms with Crippen molar-refractivity contribution in [1.82, 2.24) is 10.3 Å². The van der Waals surface area contributed by atoms with Crippen LogP contribution in [0.4, 0.5) is 5.82 Å². The Balaban J connectivity index is 2.92. The number of nitrogens with one attached hydrogen (secondary N) is 2. The van der Waals surface area contributed by atoms with Crippen LogP contribution < -0.4 is 10.6 Å². The Bertz CT molecular complexity index is 452. The zero-order valence-corrected chi connectivity index (χ0v) is 14.0. The average Bonchev–Trinajstić information content (AvgIpc) is 2.40. The first-order valence-electron chi connectivity index (χ1n) is 6.68. The standard InChI is InChI=1S/C14H22BrN3O2/c1-5-16-13-11(6-10(15)7-17-13)14(19)18-12(8-20-4)9(2)3/h6-7,9,12H,5,8H2,1-4H3,(H,16,17)(H,18,19). The number of rotatable bonds is 7. The number of nitrogens with zero attached hydrogens (tertiary/aromatic N) is 1. The number of hydrogen-bond acceptors (Lipinski definition) is 4. The molecular formula is C14H22BrN3O2. The number of carbonyl (C=O) groups is 1. The molecule has 6 heteroatoms. The largest absolute Gasteiger partial charge is 0.383 e. The van der Waals surface area contributed by atoms with Gasteiger partial charge in [0, 0.05) is 24.3 Å². The zero-order chi connectivity index (χ0) is 15.1. The van der Waals surface area contributed by atoms with E-state index in [2.05, 4.69) is 31.5 Å². The van der Waals surface area contributed by atoms with E-state index < -0.39 is 0 Å². The van der Waals surface area contributed by atoms with Gasteiger partial charge >= 0.3 is 0 Å². The van der Waals surface area contributed by atoms with Gasteiger partial charge in [-0.1, -0.05) is 13.8 Å². The summed E-state index contributed by atoms with van der Waals surface area (Å²) >= 11 is 3.35. The topological polar surface area (TPSA) is 63.2 Å². The van der Waals surface area contributed by atoms with Crippen molar-refractivity contribution in [3.05, 3.63) is 22.3 Å². The minimum absolute atomic E-state index is 0.0269. The number of pyridine rings is 1. The first-order valence-corrected chi connectivity index (χ1v) is 7.48. The van der Waals surface area contributed by atoms with Crippen molar-refractivity contribution in [3.63, 3.8) is 0 Å². The number of ether oxygens (including phenoxy) is 1. The Morgan fingerprint density at radius 2 is 2.20 bits per heavy atom. The normalized spacial score (nSPS) is 12.3. The third-order valence-electron chi connectivity index (χ3n) is 2.91. The lowest BCUT2D eigenvalue weighted by atomic mass is 10.0. The number of halogens is 1. The maximum Gasteiger partial charge on any atom is 0.255 e. The summed E-state index contributed by atoms with van der Waals surface area (Å²) in [6.07, 6.45) is 1.67. The van der Waals surface area contributed by atoms with E-state index in [1.165, 1.54) is 0 Å².